The Morgan fingerprint density at radius 3 is 2.70 bits per heavy atom. The van der Waals surface area contributed by atoms with Crippen molar-refractivity contribution in [3.63, 3.8) is 0 Å². The van der Waals surface area contributed by atoms with Gasteiger partial charge in [-0.15, -0.1) is 6.42 Å². The van der Waals surface area contributed by atoms with Crippen LogP contribution in [0.3, 0.4) is 0 Å². The third kappa shape index (κ3) is 2.84. The zero-order chi connectivity index (χ0) is 14.9. The molecule has 0 aromatic rings. The molecule has 1 aliphatic carbocycles. The van der Waals surface area contributed by atoms with E-state index in [4.69, 9.17) is 18.0 Å². The molecule has 0 bridgehead atoms. The zero-order valence-electron chi connectivity index (χ0n) is 11.7. The van der Waals surface area contributed by atoms with Crippen molar-refractivity contribution in [1.29, 1.82) is 0 Å². The average molecular weight is 295 g/mol. The second-order valence-electron chi connectivity index (χ2n) is 5.73. The maximum atomic E-state index is 11.5. The Morgan fingerprint density at radius 1 is 1.60 bits per heavy atom. The van der Waals surface area contributed by atoms with Gasteiger partial charge in [0, 0.05) is 12.2 Å². The van der Waals surface area contributed by atoms with Gasteiger partial charge >= 0.3 is 5.97 Å². The number of allylic oxidation sites excluding steroid dienone is 2. The lowest BCUT2D eigenvalue weighted by molar-refractivity contribution is -0.133. The molecule has 20 heavy (non-hydrogen) atoms. The molecule has 0 amide bonds. The van der Waals surface area contributed by atoms with Gasteiger partial charge in [0.05, 0.1) is 16.1 Å². The van der Waals surface area contributed by atoms with Gasteiger partial charge in [-0.3, -0.25) is 5.32 Å². The third-order valence-corrected chi connectivity index (χ3v) is 4.08. The van der Waals surface area contributed by atoms with Crippen LogP contribution >= 0.6 is 11.6 Å². The molecule has 2 aliphatic rings. The number of terminal acetylenes is 1. The van der Waals surface area contributed by atoms with Crippen LogP contribution in [0.5, 0.6) is 0 Å². The van der Waals surface area contributed by atoms with Crippen LogP contribution < -0.4 is 5.32 Å². The Balaban J connectivity index is 2.34. The van der Waals surface area contributed by atoms with Crippen molar-refractivity contribution < 1.29 is 9.90 Å². The number of aliphatic carboxylic acids is 1. The number of carboxylic acid groups (broad SMARTS) is 1. The lowest BCUT2D eigenvalue weighted by Gasteiger charge is -2.45. The molecule has 0 spiro atoms. The van der Waals surface area contributed by atoms with Crippen LogP contribution in [0.25, 0.3) is 0 Å². The molecule has 0 aromatic carbocycles. The lowest BCUT2D eigenvalue weighted by atomic mass is 9.91. The van der Waals surface area contributed by atoms with Crippen LogP contribution in [-0.2, 0) is 4.79 Å². The third-order valence-electron chi connectivity index (χ3n) is 3.87. The number of nitrogens with zero attached hydrogens (tertiary/aromatic N) is 1. The van der Waals surface area contributed by atoms with Crippen molar-refractivity contribution in [2.45, 2.75) is 50.9 Å². The molecule has 0 saturated heterocycles. The number of carbonyl (C=O) groups is 1. The fraction of sp³-hybridized carbons (Fsp3) is 0.533. The SMILES string of the molecule is C#CC(C)(C)N1C=C(Cl)C=C(C(=O)O)C1NC1CCC1. The first-order valence-corrected chi connectivity index (χ1v) is 7.07. The normalized spacial score (nSPS) is 23.5. The Hall–Kier alpha value is -1.44. The molecule has 1 heterocycles. The van der Waals surface area contributed by atoms with Crippen LogP contribution in [0, 0.1) is 12.3 Å². The molecular formula is C15H19ClN2O2. The van der Waals surface area contributed by atoms with Crippen LogP contribution in [-0.4, -0.2) is 33.7 Å². The molecule has 108 valence electrons. The Kier molecular flexibility index (Phi) is 4.12. The monoisotopic (exact) mass is 294 g/mol. The Labute approximate surface area is 124 Å². The van der Waals surface area contributed by atoms with Gasteiger partial charge in [-0.2, -0.15) is 0 Å². The van der Waals surface area contributed by atoms with Gasteiger partial charge in [-0.1, -0.05) is 23.9 Å². The first-order chi connectivity index (χ1) is 9.35. The van der Waals surface area contributed by atoms with E-state index in [0.717, 1.165) is 12.8 Å². The lowest BCUT2D eigenvalue weighted by Crippen LogP contribution is -2.58. The van der Waals surface area contributed by atoms with E-state index in [1.807, 2.05) is 18.7 Å². The van der Waals surface area contributed by atoms with E-state index in [0.29, 0.717) is 11.1 Å². The fourth-order valence-corrected chi connectivity index (χ4v) is 2.55. The molecule has 1 unspecified atom stereocenters. The molecule has 1 fully saturated rings. The van der Waals surface area contributed by atoms with Crippen molar-refractivity contribution in [2.75, 3.05) is 0 Å². The summed E-state index contributed by atoms with van der Waals surface area (Å²) >= 11 is 6.05. The number of hydrogen-bond donors (Lipinski definition) is 2. The highest BCUT2D eigenvalue weighted by molar-refractivity contribution is 6.31. The minimum atomic E-state index is -0.981. The standard InChI is InChI=1S/C15H19ClN2O2/c1-4-15(2,3)18-9-10(16)8-12(14(19)20)13(18)17-11-6-5-7-11/h1,8-9,11,13,17H,5-7H2,2-3H3,(H,19,20). The van der Waals surface area contributed by atoms with E-state index >= 15 is 0 Å². The van der Waals surface area contributed by atoms with Crippen molar-refractivity contribution >= 4 is 17.6 Å². The summed E-state index contributed by atoms with van der Waals surface area (Å²) in [5, 5.41) is 13.2. The van der Waals surface area contributed by atoms with Crippen molar-refractivity contribution in [3.05, 3.63) is 22.9 Å². The van der Waals surface area contributed by atoms with E-state index in [-0.39, 0.29) is 5.57 Å². The largest absolute Gasteiger partial charge is 0.478 e. The average Bonchev–Trinajstić information content (AvgIpc) is 2.33. The van der Waals surface area contributed by atoms with E-state index in [9.17, 15) is 9.90 Å². The highest BCUT2D eigenvalue weighted by atomic mass is 35.5. The molecular weight excluding hydrogens is 276 g/mol. The van der Waals surface area contributed by atoms with E-state index in [2.05, 4.69) is 11.2 Å². The van der Waals surface area contributed by atoms with Crippen molar-refractivity contribution in [1.82, 2.24) is 10.2 Å². The summed E-state index contributed by atoms with van der Waals surface area (Å²) in [6.45, 7) is 3.74. The summed E-state index contributed by atoms with van der Waals surface area (Å²) in [4.78, 5) is 13.3. The maximum absolute atomic E-state index is 11.5. The molecule has 4 nitrogen and oxygen atoms in total. The number of halogens is 1. The van der Waals surface area contributed by atoms with Gasteiger partial charge in [0.2, 0.25) is 0 Å². The van der Waals surface area contributed by atoms with Gasteiger partial charge in [0.1, 0.15) is 6.17 Å². The molecule has 1 aliphatic heterocycles. The number of carboxylic acids is 1. The van der Waals surface area contributed by atoms with Gasteiger partial charge in [0.15, 0.2) is 0 Å². The quantitative estimate of drug-likeness (QED) is 0.781. The second-order valence-corrected chi connectivity index (χ2v) is 6.16. The van der Waals surface area contributed by atoms with Gasteiger partial charge in [0.25, 0.3) is 0 Å². The number of rotatable bonds is 4. The summed E-state index contributed by atoms with van der Waals surface area (Å²) in [6, 6.07) is 0.337. The smallest absolute Gasteiger partial charge is 0.335 e. The predicted octanol–water partition coefficient (Wildman–Crippen LogP) is 2.27. The van der Waals surface area contributed by atoms with Gasteiger partial charge < -0.3 is 10.0 Å². The molecule has 2 rings (SSSR count). The summed E-state index contributed by atoms with van der Waals surface area (Å²) in [5.41, 5.74) is -0.399. The van der Waals surface area contributed by atoms with Crippen LogP contribution in [0.1, 0.15) is 33.1 Å². The molecule has 2 N–H and O–H groups in total. The van der Waals surface area contributed by atoms with Crippen LogP contribution in [0.15, 0.2) is 22.9 Å². The van der Waals surface area contributed by atoms with Gasteiger partial charge in [-0.05, 0) is 32.8 Å². The molecule has 0 radical (unpaired) electrons. The first-order valence-electron chi connectivity index (χ1n) is 6.69. The highest BCUT2D eigenvalue weighted by Gasteiger charge is 2.38. The van der Waals surface area contributed by atoms with Gasteiger partial charge in [-0.25, -0.2) is 4.79 Å². The zero-order valence-corrected chi connectivity index (χ0v) is 12.4. The summed E-state index contributed by atoms with van der Waals surface area (Å²) in [7, 11) is 0. The van der Waals surface area contributed by atoms with Crippen LogP contribution in [0.2, 0.25) is 0 Å². The number of nitrogens with one attached hydrogen (secondary N) is 1. The summed E-state index contributed by atoms with van der Waals surface area (Å²) in [5.74, 6) is 1.71. The van der Waals surface area contributed by atoms with Crippen molar-refractivity contribution in [3.8, 4) is 12.3 Å². The minimum absolute atomic E-state index is 0.229. The Bertz CT molecular complexity index is 512. The molecule has 5 heteroatoms. The highest BCUT2D eigenvalue weighted by Crippen LogP contribution is 2.30. The first kappa shape index (κ1) is 15.0. The van der Waals surface area contributed by atoms with E-state index in [1.165, 1.54) is 12.5 Å². The molecule has 0 aromatic heterocycles. The molecule has 1 saturated carbocycles. The second kappa shape index (κ2) is 5.51. The Morgan fingerprint density at radius 2 is 2.25 bits per heavy atom. The fourth-order valence-electron chi connectivity index (χ4n) is 2.33. The van der Waals surface area contributed by atoms with E-state index in [1.54, 1.807) is 6.20 Å². The predicted molar refractivity (Wildman–Crippen MR) is 79.0 cm³/mol. The summed E-state index contributed by atoms with van der Waals surface area (Å²) in [6.07, 6.45) is 11.6. The molecule has 1 atom stereocenters. The summed E-state index contributed by atoms with van der Waals surface area (Å²) < 4.78 is 0. The number of hydrogen-bond acceptors (Lipinski definition) is 3. The van der Waals surface area contributed by atoms with E-state index < -0.39 is 17.7 Å². The minimum Gasteiger partial charge on any atom is -0.478 e. The van der Waals surface area contributed by atoms with Crippen LogP contribution in [0.4, 0.5) is 0 Å². The topological polar surface area (TPSA) is 52.6 Å². The maximum Gasteiger partial charge on any atom is 0.335 e. The van der Waals surface area contributed by atoms with Crippen molar-refractivity contribution in [2.24, 2.45) is 0 Å².